The van der Waals surface area contributed by atoms with Gasteiger partial charge in [0.25, 0.3) is 0 Å². The summed E-state index contributed by atoms with van der Waals surface area (Å²) in [6.45, 7) is 9.03. The van der Waals surface area contributed by atoms with Gasteiger partial charge in [-0.05, 0) is 31.9 Å². The van der Waals surface area contributed by atoms with Crippen molar-refractivity contribution in [2.45, 2.75) is 38.7 Å². The first-order valence-electron chi connectivity index (χ1n) is 11.6. The van der Waals surface area contributed by atoms with E-state index in [-0.39, 0.29) is 5.41 Å². The molecule has 2 aromatic rings. The van der Waals surface area contributed by atoms with E-state index in [4.69, 9.17) is 24.5 Å². The van der Waals surface area contributed by atoms with Gasteiger partial charge in [-0.15, -0.1) is 11.3 Å². The number of carboxylic acids is 2. The van der Waals surface area contributed by atoms with Crippen molar-refractivity contribution < 1.29 is 50.9 Å². The molecular formula is C23H28F6N4O5S. The van der Waals surface area contributed by atoms with E-state index in [0.29, 0.717) is 0 Å². The second-order valence-corrected chi connectivity index (χ2v) is 9.99. The lowest BCUT2D eigenvalue weighted by Gasteiger charge is -2.43. The first-order chi connectivity index (χ1) is 18.1. The van der Waals surface area contributed by atoms with Gasteiger partial charge >= 0.3 is 24.3 Å². The maximum Gasteiger partial charge on any atom is 0.490 e. The Kier molecular flexibility index (Phi) is 11.5. The molecule has 2 aliphatic rings. The Morgan fingerprint density at radius 2 is 1.67 bits per heavy atom. The van der Waals surface area contributed by atoms with Crippen LogP contribution in [0.4, 0.5) is 32.0 Å². The summed E-state index contributed by atoms with van der Waals surface area (Å²) in [5, 5.41) is 17.6. The number of hydrogen-bond acceptors (Lipinski definition) is 8. The van der Waals surface area contributed by atoms with E-state index in [1.807, 2.05) is 18.5 Å². The number of alkyl halides is 6. The largest absolute Gasteiger partial charge is 0.490 e. The van der Waals surface area contributed by atoms with E-state index in [0.717, 1.165) is 50.9 Å². The zero-order valence-electron chi connectivity index (χ0n) is 20.8. The minimum absolute atomic E-state index is 0.278. The third-order valence-electron chi connectivity index (χ3n) is 5.89. The number of aliphatic carboxylic acids is 2. The Bertz CT molecular complexity index is 1040. The average molecular weight is 587 g/mol. The number of hydrogen-bond donors (Lipinski definition) is 2. The van der Waals surface area contributed by atoms with Crippen LogP contribution in [0.1, 0.15) is 23.5 Å². The Hall–Kier alpha value is -2.98. The summed E-state index contributed by atoms with van der Waals surface area (Å²) >= 11 is 1.74. The van der Waals surface area contributed by atoms with Crippen LogP contribution in [0, 0.1) is 12.3 Å². The second kappa shape index (κ2) is 13.9. The third kappa shape index (κ3) is 11.0. The fourth-order valence-electron chi connectivity index (χ4n) is 4.01. The molecule has 0 amide bonds. The summed E-state index contributed by atoms with van der Waals surface area (Å²) < 4.78 is 69.5. The molecule has 2 aromatic heterocycles. The number of ether oxygens (including phenoxy) is 1. The molecule has 1 spiro atoms. The third-order valence-corrected chi connectivity index (χ3v) is 6.71. The van der Waals surface area contributed by atoms with Crippen LogP contribution in [-0.2, 0) is 20.9 Å². The SMILES string of the molecule is Cc1nc(CN2CCOCC3(CCN(c4cccnc4)CC3)C2)cs1.O=C(O)C(F)(F)F.O=C(O)C(F)(F)F. The van der Waals surface area contributed by atoms with E-state index in [2.05, 4.69) is 38.1 Å². The fraction of sp³-hybridized carbons (Fsp3) is 0.565. The summed E-state index contributed by atoms with van der Waals surface area (Å²) in [4.78, 5) is 31.7. The maximum atomic E-state index is 10.6. The summed E-state index contributed by atoms with van der Waals surface area (Å²) in [7, 11) is 0. The van der Waals surface area contributed by atoms with E-state index < -0.39 is 24.3 Å². The number of thiazole rings is 1. The highest BCUT2D eigenvalue weighted by molar-refractivity contribution is 7.09. The van der Waals surface area contributed by atoms with E-state index >= 15 is 0 Å². The number of pyridine rings is 1. The van der Waals surface area contributed by atoms with Gasteiger partial charge in [0.1, 0.15) is 0 Å². The molecule has 0 bridgehead atoms. The Balaban J connectivity index is 0.000000317. The van der Waals surface area contributed by atoms with Crippen LogP contribution in [0.15, 0.2) is 29.9 Å². The van der Waals surface area contributed by atoms with Crippen LogP contribution in [0.25, 0.3) is 0 Å². The number of aromatic nitrogens is 2. The van der Waals surface area contributed by atoms with Gasteiger partial charge in [0, 0.05) is 49.7 Å². The van der Waals surface area contributed by atoms with Crippen molar-refractivity contribution in [3.05, 3.63) is 40.6 Å². The standard InChI is InChI=1S/C19H26N4OS.2C2HF3O2/c1-16-21-17(13-25-16)12-22-9-10-24-15-19(14-22)4-7-23(8-5-19)18-3-2-6-20-11-18;2*3-2(4,5)1(6)7/h2-3,6,11,13H,4-5,7-10,12,14-15H2,1H3;2*(H,6,7). The molecule has 0 atom stereocenters. The zero-order chi connectivity index (χ0) is 29.3. The number of nitrogens with zero attached hydrogens (tertiary/aromatic N) is 4. The van der Waals surface area contributed by atoms with Gasteiger partial charge in [0.2, 0.25) is 0 Å². The molecule has 9 nitrogen and oxygen atoms in total. The normalized spacial score (nSPS) is 17.8. The molecule has 2 N–H and O–H groups in total. The molecule has 16 heteroatoms. The lowest BCUT2D eigenvalue weighted by atomic mass is 9.78. The first kappa shape index (κ1) is 32.2. The van der Waals surface area contributed by atoms with Crippen molar-refractivity contribution in [2.24, 2.45) is 5.41 Å². The molecule has 0 aromatic carbocycles. The molecule has 0 saturated carbocycles. The molecule has 4 rings (SSSR count). The molecule has 4 heterocycles. The van der Waals surface area contributed by atoms with Crippen molar-refractivity contribution in [3.8, 4) is 0 Å². The van der Waals surface area contributed by atoms with Gasteiger partial charge in [-0.25, -0.2) is 14.6 Å². The molecule has 2 aliphatic heterocycles. The van der Waals surface area contributed by atoms with Crippen molar-refractivity contribution in [1.29, 1.82) is 0 Å². The molecule has 0 aliphatic carbocycles. The predicted octanol–water partition coefficient (Wildman–Crippen LogP) is 4.23. The van der Waals surface area contributed by atoms with Gasteiger partial charge in [0.15, 0.2) is 0 Å². The summed E-state index contributed by atoms with van der Waals surface area (Å²) in [5.74, 6) is -5.51. The van der Waals surface area contributed by atoms with Crippen molar-refractivity contribution in [2.75, 3.05) is 44.3 Å². The number of anilines is 1. The quantitative estimate of drug-likeness (QED) is 0.510. The van der Waals surface area contributed by atoms with Gasteiger partial charge in [0.05, 0.1) is 35.8 Å². The van der Waals surface area contributed by atoms with Crippen LogP contribution in [0.2, 0.25) is 0 Å². The number of carbonyl (C=O) groups is 2. The first-order valence-corrected chi connectivity index (χ1v) is 12.5. The summed E-state index contributed by atoms with van der Waals surface area (Å²) in [6, 6.07) is 4.18. The van der Waals surface area contributed by atoms with Crippen LogP contribution >= 0.6 is 11.3 Å². The van der Waals surface area contributed by atoms with Gasteiger partial charge in [-0.1, -0.05) is 0 Å². The number of aryl methyl sites for hydroxylation is 1. The molecule has 2 saturated heterocycles. The second-order valence-electron chi connectivity index (χ2n) is 8.93. The molecule has 218 valence electrons. The van der Waals surface area contributed by atoms with Gasteiger partial charge in [-0.3, -0.25) is 9.88 Å². The highest BCUT2D eigenvalue weighted by atomic mass is 32.1. The van der Waals surface area contributed by atoms with Crippen LogP contribution < -0.4 is 4.90 Å². The predicted molar refractivity (Wildman–Crippen MR) is 128 cm³/mol. The number of carboxylic acid groups (broad SMARTS) is 2. The average Bonchev–Trinajstić information content (AvgIpc) is 3.16. The summed E-state index contributed by atoms with van der Waals surface area (Å²) in [6.07, 6.45) is -4.01. The zero-order valence-corrected chi connectivity index (χ0v) is 21.7. The Labute approximate surface area is 224 Å². The highest BCUT2D eigenvalue weighted by Gasteiger charge is 2.39. The molecule has 0 unspecified atom stereocenters. The molecule has 0 radical (unpaired) electrons. The maximum absolute atomic E-state index is 10.6. The van der Waals surface area contributed by atoms with Crippen LogP contribution in [-0.4, -0.2) is 88.8 Å². The van der Waals surface area contributed by atoms with Gasteiger partial charge < -0.3 is 19.8 Å². The van der Waals surface area contributed by atoms with E-state index in [1.54, 1.807) is 11.3 Å². The highest BCUT2D eigenvalue weighted by Crippen LogP contribution is 2.36. The summed E-state index contributed by atoms with van der Waals surface area (Å²) in [5.41, 5.74) is 2.72. The van der Waals surface area contributed by atoms with Crippen molar-refractivity contribution in [3.63, 3.8) is 0 Å². The van der Waals surface area contributed by atoms with Crippen LogP contribution in [0.3, 0.4) is 0 Å². The van der Waals surface area contributed by atoms with Crippen LogP contribution in [0.5, 0.6) is 0 Å². The Morgan fingerprint density at radius 3 is 2.13 bits per heavy atom. The van der Waals surface area contributed by atoms with Crippen molar-refractivity contribution >= 4 is 29.0 Å². The van der Waals surface area contributed by atoms with E-state index in [9.17, 15) is 26.3 Å². The topological polar surface area (TPSA) is 116 Å². The number of piperidine rings is 1. The minimum Gasteiger partial charge on any atom is -0.475 e. The fourth-order valence-corrected chi connectivity index (χ4v) is 4.61. The van der Waals surface area contributed by atoms with Crippen molar-refractivity contribution in [1.82, 2.24) is 14.9 Å². The molecule has 39 heavy (non-hydrogen) atoms. The molecule has 2 fully saturated rings. The monoisotopic (exact) mass is 586 g/mol. The Morgan fingerprint density at radius 1 is 1.08 bits per heavy atom. The lowest BCUT2D eigenvalue weighted by Crippen LogP contribution is -2.47. The number of rotatable bonds is 3. The van der Waals surface area contributed by atoms with Gasteiger partial charge in [-0.2, -0.15) is 26.3 Å². The van der Waals surface area contributed by atoms with E-state index in [1.165, 1.54) is 24.2 Å². The smallest absolute Gasteiger partial charge is 0.475 e. The number of halogens is 6. The lowest BCUT2D eigenvalue weighted by molar-refractivity contribution is -0.193. The minimum atomic E-state index is -5.08. The molecular weight excluding hydrogens is 558 g/mol.